The van der Waals surface area contributed by atoms with E-state index in [0.29, 0.717) is 0 Å². The lowest BCUT2D eigenvalue weighted by Crippen LogP contribution is -2.30. The van der Waals surface area contributed by atoms with Gasteiger partial charge in [0.15, 0.2) is 17.9 Å². The van der Waals surface area contributed by atoms with Crippen LogP contribution in [0.5, 0.6) is 0 Å². The van der Waals surface area contributed by atoms with Crippen LogP contribution < -0.4 is 0 Å². The SMILES string of the molecule is C/C(C1CO1)=[N+](/[O-])C1CCCCC1. The first-order valence-electron chi connectivity index (χ1n) is 5.20. The maximum atomic E-state index is 11.8. The number of hydrogen-bond acceptors (Lipinski definition) is 2. The first kappa shape index (κ1) is 9.00. The molecule has 0 amide bonds. The molecule has 2 rings (SSSR count). The molecular formula is C10H17NO2. The van der Waals surface area contributed by atoms with Crippen molar-refractivity contribution in [1.82, 2.24) is 0 Å². The van der Waals surface area contributed by atoms with Crippen LogP contribution in [0, 0.1) is 5.21 Å². The summed E-state index contributed by atoms with van der Waals surface area (Å²) in [6.07, 6.45) is 5.98. The molecule has 0 aromatic rings. The smallest absolute Gasteiger partial charge is 0.191 e. The van der Waals surface area contributed by atoms with Crippen molar-refractivity contribution in [2.24, 2.45) is 0 Å². The molecule has 1 unspecified atom stereocenters. The number of ether oxygens (including phenoxy) is 1. The van der Waals surface area contributed by atoms with Gasteiger partial charge in [0.2, 0.25) is 0 Å². The summed E-state index contributed by atoms with van der Waals surface area (Å²) < 4.78 is 6.31. The molecule has 74 valence electrons. The molecule has 13 heavy (non-hydrogen) atoms. The van der Waals surface area contributed by atoms with E-state index in [4.69, 9.17) is 4.74 Å². The van der Waals surface area contributed by atoms with Crippen LogP contribution in [0.15, 0.2) is 0 Å². The van der Waals surface area contributed by atoms with Gasteiger partial charge >= 0.3 is 0 Å². The van der Waals surface area contributed by atoms with Gasteiger partial charge in [-0.1, -0.05) is 6.42 Å². The average Bonchev–Trinajstić information content (AvgIpc) is 3.00. The van der Waals surface area contributed by atoms with Crippen LogP contribution in [0.25, 0.3) is 0 Å². The van der Waals surface area contributed by atoms with Crippen LogP contribution in [-0.2, 0) is 4.74 Å². The fourth-order valence-corrected chi connectivity index (χ4v) is 2.03. The maximum absolute atomic E-state index is 11.8. The Hall–Kier alpha value is -0.570. The maximum Gasteiger partial charge on any atom is 0.191 e. The van der Waals surface area contributed by atoms with Gasteiger partial charge in [-0.2, -0.15) is 0 Å². The van der Waals surface area contributed by atoms with Crippen molar-refractivity contribution in [3.05, 3.63) is 5.21 Å². The molecule has 0 aromatic heterocycles. The molecule has 1 atom stereocenters. The van der Waals surface area contributed by atoms with Crippen molar-refractivity contribution < 1.29 is 9.48 Å². The van der Waals surface area contributed by atoms with Gasteiger partial charge in [0.05, 0.1) is 6.61 Å². The van der Waals surface area contributed by atoms with Crippen molar-refractivity contribution in [2.75, 3.05) is 6.61 Å². The van der Waals surface area contributed by atoms with Crippen molar-refractivity contribution in [2.45, 2.75) is 51.2 Å². The normalized spacial score (nSPS) is 31.3. The summed E-state index contributed by atoms with van der Waals surface area (Å²) in [7, 11) is 0. The summed E-state index contributed by atoms with van der Waals surface area (Å²) in [5.41, 5.74) is 0.881. The third-order valence-electron chi connectivity index (χ3n) is 3.05. The number of hydrogen-bond donors (Lipinski definition) is 0. The highest BCUT2D eigenvalue weighted by molar-refractivity contribution is 5.83. The molecule has 1 aliphatic heterocycles. The molecule has 0 N–H and O–H groups in total. The molecule has 1 heterocycles. The molecule has 0 radical (unpaired) electrons. The third-order valence-corrected chi connectivity index (χ3v) is 3.05. The van der Waals surface area contributed by atoms with E-state index >= 15 is 0 Å². The zero-order chi connectivity index (χ0) is 9.26. The molecule has 0 aromatic carbocycles. The molecule has 0 spiro atoms. The highest BCUT2D eigenvalue weighted by Crippen LogP contribution is 2.21. The van der Waals surface area contributed by atoms with Gasteiger partial charge in [-0.25, -0.2) is 4.74 Å². The molecule has 2 aliphatic rings. The Morgan fingerprint density at radius 2 is 1.92 bits per heavy atom. The van der Waals surface area contributed by atoms with E-state index in [2.05, 4.69) is 0 Å². The van der Waals surface area contributed by atoms with Gasteiger partial charge < -0.3 is 9.94 Å². The zero-order valence-electron chi connectivity index (χ0n) is 8.16. The Morgan fingerprint density at radius 3 is 2.46 bits per heavy atom. The quantitative estimate of drug-likeness (QED) is 0.215. The second kappa shape index (κ2) is 3.66. The lowest BCUT2D eigenvalue weighted by atomic mass is 9.95. The van der Waals surface area contributed by atoms with Crippen LogP contribution in [0.3, 0.4) is 0 Å². The third kappa shape index (κ3) is 2.02. The van der Waals surface area contributed by atoms with Gasteiger partial charge in [0, 0.05) is 19.8 Å². The fraction of sp³-hybridized carbons (Fsp3) is 0.900. The summed E-state index contributed by atoms with van der Waals surface area (Å²) in [6, 6.07) is 0.234. The summed E-state index contributed by atoms with van der Waals surface area (Å²) in [4.78, 5) is 0. The van der Waals surface area contributed by atoms with Gasteiger partial charge in [-0.05, 0) is 12.8 Å². The Balaban J connectivity index is 2.00. The van der Waals surface area contributed by atoms with E-state index < -0.39 is 0 Å². The van der Waals surface area contributed by atoms with Gasteiger partial charge in [0.1, 0.15) is 0 Å². The lowest BCUT2D eigenvalue weighted by molar-refractivity contribution is -0.507. The predicted molar refractivity (Wildman–Crippen MR) is 50.9 cm³/mol. The minimum Gasteiger partial charge on any atom is -0.624 e. The van der Waals surface area contributed by atoms with Crippen molar-refractivity contribution >= 4 is 5.71 Å². The topological polar surface area (TPSA) is 38.6 Å². The molecule has 1 saturated carbocycles. The summed E-state index contributed by atoms with van der Waals surface area (Å²) in [6.45, 7) is 2.65. The Morgan fingerprint density at radius 1 is 1.31 bits per heavy atom. The van der Waals surface area contributed by atoms with Crippen molar-refractivity contribution in [3.63, 3.8) is 0 Å². The predicted octanol–water partition coefficient (Wildman–Crippen LogP) is 1.69. The van der Waals surface area contributed by atoms with E-state index in [1.807, 2.05) is 6.92 Å². The van der Waals surface area contributed by atoms with Gasteiger partial charge in [0.25, 0.3) is 0 Å². The molecule has 0 bridgehead atoms. The average molecular weight is 183 g/mol. The lowest BCUT2D eigenvalue weighted by Gasteiger charge is -2.22. The van der Waals surface area contributed by atoms with E-state index in [-0.39, 0.29) is 12.1 Å². The van der Waals surface area contributed by atoms with Crippen LogP contribution >= 0.6 is 0 Å². The molecule has 3 heteroatoms. The first-order valence-corrected chi connectivity index (χ1v) is 5.20. The molecule has 2 fully saturated rings. The van der Waals surface area contributed by atoms with Crippen molar-refractivity contribution in [3.8, 4) is 0 Å². The minimum atomic E-state index is 0.138. The zero-order valence-corrected chi connectivity index (χ0v) is 8.16. The Kier molecular flexibility index (Phi) is 2.54. The van der Waals surface area contributed by atoms with Gasteiger partial charge in [-0.3, -0.25) is 0 Å². The largest absolute Gasteiger partial charge is 0.624 e. The number of hydroxylamine groups is 1. The van der Waals surface area contributed by atoms with E-state index in [1.54, 1.807) is 0 Å². The summed E-state index contributed by atoms with van der Waals surface area (Å²) in [5, 5.41) is 11.8. The standard InChI is InChI=1S/C10H17NO2/c1-8(10-7-13-10)11(12)9-5-3-2-4-6-9/h9-10H,2-7H2,1H3/b11-8-. The summed E-state index contributed by atoms with van der Waals surface area (Å²) >= 11 is 0. The number of epoxide rings is 1. The minimum absolute atomic E-state index is 0.138. The molecule has 3 nitrogen and oxygen atoms in total. The van der Waals surface area contributed by atoms with Crippen LogP contribution in [0.2, 0.25) is 0 Å². The summed E-state index contributed by atoms with van der Waals surface area (Å²) in [5.74, 6) is 0. The fourth-order valence-electron chi connectivity index (χ4n) is 2.03. The molecule has 1 aliphatic carbocycles. The monoisotopic (exact) mass is 183 g/mol. The number of rotatable bonds is 2. The Bertz CT molecular complexity index is 215. The van der Waals surface area contributed by atoms with E-state index in [0.717, 1.165) is 25.2 Å². The Labute approximate surface area is 79.0 Å². The first-order chi connectivity index (χ1) is 6.29. The van der Waals surface area contributed by atoms with Crippen LogP contribution in [0.1, 0.15) is 39.0 Å². The number of nitrogens with zero attached hydrogens (tertiary/aromatic N) is 1. The highest BCUT2D eigenvalue weighted by atomic mass is 16.6. The highest BCUT2D eigenvalue weighted by Gasteiger charge is 2.33. The molecule has 1 saturated heterocycles. The van der Waals surface area contributed by atoms with Gasteiger partial charge in [-0.15, -0.1) is 0 Å². The van der Waals surface area contributed by atoms with Crippen LogP contribution in [0.4, 0.5) is 0 Å². The van der Waals surface area contributed by atoms with E-state index in [9.17, 15) is 5.21 Å². The second-order valence-electron chi connectivity index (χ2n) is 4.08. The van der Waals surface area contributed by atoms with Crippen molar-refractivity contribution in [1.29, 1.82) is 0 Å². The van der Waals surface area contributed by atoms with Crippen LogP contribution in [-0.4, -0.2) is 29.2 Å². The molecular weight excluding hydrogens is 166 g/mol. The second-order valence-corrected chi connectivity index (χ2v) is 4.08. The van der Waals surface area contributed by atoms with E-state index in [1.165, 1.54) is 24.0 Å².